The minimum Gasteiger partial charge on any atom is -0.486 e. The number of aryl methyl sites for hydroxylation is 1. The van der Waals surface area contributed by atoms with Crippen LogP contribution in [0.25, 0.3) is 5.78 Å². The molecule has 10 heteroatoms. The molecule has 4 heterocycles. The molecule has 2 aromatic heterocycles. The maximum atomic E-state index is 13.2. The molecule has 0 saturated carbocycles. The predicted octanol–water partition coefficient (Wildman–Crippen LogP) is 3.56. The number of nitrogens with zero attached hydrogens (tertiary/aromatic N) is 5. The maximum absolute atomic E-state index is 13.2. The largest absolute Gasteiger partial charge is 0.486 e. The average molecular weight is 405 g/mol. The van der Waals surface area contributed by atoms with E-state index in [1.54, 1.807) is 13.0 Å². The number of halogens is 3. The van der Waals surface area contributed by atoms with Crippen LogP contribution in [0.3, 0.4) is 0 Å². The molecule has 2 aliphatic rings. The van der Waals surface area contributed by atoms with E-state index in [0.29, 0.717) is 42.8 Å². The second-order valence-electron chi connectivity index (χ2n) is 7.12. The van der Waals surface area contributed by atoms with Crippen molar-refractivity contribution in [2.75, 3.05) is 24.7 Å². The van der Waals surface area contributed by atoms with Gasteiger partial charge in [-0.3, -0.25) is 0 Å². The molecule has 1 atom stereocenters. The van der Waals surface area contributed by atoms with Crippen molar-refractivity contribution < 1.29 is 22.6 Å². The normalized spacial score (nSPS) is 19.2. The second kappa shape index (κ2) is 6.50. The maximum Gasteiger partial charge on any atom is 0.453 e. The van der Waals surface area contributed by atoms with Crippen molar-refractivity contribution in [1.82, 2.24) is 19.6 Å². The highest BCUT2D eigenvalue weighted by atomic mass is 19.4. The SMILES string of the molecule is Cc1cc(N2CCCC2c2cccc3c2OCCO3)n2nc(C(F)(F)F)nc2n1. The van der Waals surface area contributed by atoms with Crippen LogP contribution in [-0.4, -0.2) is 39.3 Å². The third-order valence-electron chi connectivity index (χ3n) is 5.18. The third-order valence-corrected chi connectivity index (χ3v) is 5.18. The molecule has 7 nitrogen and oxygen atoms in total. The molecule has 0 radical (unpaired) electrons. The number of hydrogen-bond acceptors (Lipinski definition) is 6. The topological polar surface area (TPSA) is 64.8 Å². The third kappa shape index (κ3) is 3.02. The molecule has 1 aromatic carbocycles. The molecule has 1 unspecified atom stereocenters. The molecule has 0 aliphatic carbocycles. The summed E-state index contributed by atoms with van der Waals surface area (Å²) in [6.45, 7) is 3.37. The molecule has 29 heavy (non-hydrogen) atoms. The molecule has 1 saturated heterocycles. The second-order valence-corrected chi connectivity index (χ2v) is 7.12. The van der Waals surface area contributed by atoms with Gasteiger partial charge in [0.15, 0.2) is 11.5 Å². The van der Waals surface area contributed by atoms with Crippen molar-refractivity contribution in [2.24, 2.45) is 0 Å². The summed E-state index contributed by atoms with van der Waals surface area (Å²) in [6.07, 6.45) is -2.91. The minimum absolute atomic E-state index is 0.0624. The first kappa shape index (κ1) is 18.0. The molecular formula is C19H18F3N5O2. The Morgan fingerprint density at radius 2 is 1.97 bits per heavy atom. The van der Waals surface area contributed by atoms with Crippen molar-refractivity contribution in [3.8, 4) is 11.5 Å². The summed E-state index contributed by atoms with van der Waals surface area (Å²) in [7, 11) is 0. The van der Waals surface area contributed by atoms with Gasteiger partial charge in [0.25, 0.3) is 11.6 Å². The van der Waals surface area contributed by atoms with Gasteiger partial charge in [-0.2, -0.15) is 22.7 Å². The highest BCUT2D eigenvalue weighted by molar-refractivity contribution is 5.55. The molecule has 0 bridgehead atoms. The zero-order chi connectivity index (χ0) is 20.2. The molecule has 2 aliphatic heterocycles. The van der Waals surface area contributed by atoms with Crippen LogP contribution >= 0.6 is 0 Å². The lowest BCUT2D eigenvalue weighted by atomic mass is 10.0. The fourth-order valence-corrected chi connectivity index (χ4v) is 4.02. The summed E-state index contributed by atoms with van der Waals surface area (Å²) < 4.78 is 52.2. The van der Waals surface area contributed by atoms with Gasteiger partial charge in [-0.25, -0.2) is 4.98 Å². The number of fused-ring (bicyclic) bond motifs is 2. The van der Waals surface area contributed by atoms with Crippen LogP contribution in [0.2, 0.25) is 0 Å². The van der Waals surface area contributed by atoms with Crippen molar-refractivity contribution in [3.63, 3.8) is 0 Å². The number of hydrogen-bond donors (Lipinski definition) is 0. The Labute approximate surface area is 164 Å². The Morgan fingerprint density at radius 1 is 1.14 bits per heavy atom. The first-order valence-corrected chi connectivity index (χ1v) is 9.38. The number of benzene rings is 1. The van der Waals surface area contributed by atoms with E-state index in [0.717, 1.165) is 18.4 Å². The van der Waals surface area contributed by atoms with Crippen LogP contribution in [0.15, 0.2) is 24.3 Å². The van der Waals surface area contributed by atoms with Crippen LogP contribution in [0.4, 0.5) is 19.0 Å². The standard InChI is InChI=1S/C19H18F3N5O2/c1-11-10-15(27-18(23-11)24-17(25-27)19(20,21)22)26-7-3-5-13(26)12-4-2-6-14-16(12)29-9-8-28-14/h2,4,6,10,13H,3,5,7-9H2,1H3. The number of aromatic nitrogens is 4. The monoisotopic (exact) mass is 405 g/mol. The summed E-state index contributed by atoms with van der Waals surface area (Å²) in [5.74, 6) is 0.672. The van der Waals surface area contributed by atoms with Gasteiger partial charge in [0.05, 0.1) is 6.04 Å². The van der Waals surface area contributed by atoms with Gasteiger partial charge < -0.3 is 14.4 Å². The van der Waals surface area contributed by atoms with Crippen LogP contribution in [-0.2, 0) is 6.18 Å². The lowest BCUT2D eigenvalue weighted by Gasteiger charge is -2.30. The van der Waals surface area contributed by atoms with Crippen LogP contribution < -0.4 is 14.4 Å². The molecule has 1 fully saturated rings. The van der Waals surface area contributed by atoms with E-state index in [-0.39, 0.29) is 11.8 Å². The number of rotatable bonds is 2. The Hall–Kier alpha value is -3.04. The Balaban J connectivity index is 1.62. The number of ether oxygens (including phenoxy) is 2. The highest BCUT2D eigenvalue weighted by Gasteiger charge is 2.38. The summed E-state index contributed by atoms with van der Waals surface area (Å²) >= 11 is 0. The summed E-state index contributed by atoms with van der Waals surface area (Å²) in [4.78, 5) is 9.76. The zero-order valence-corrected chi connectivity index (χ0v) is 15.6. The van der Waals surface area contributed by atoms with E-state index in [2.05, 4.69) is 15.1 Å². The Bertz CT molecular complexity index is 1080. The fourth-order valence-electron chi connectivity index (χ4n) is 4.02. The van der Waals surface area contributed by atoms with E-state index in [4.69, 9.17) is 9.47 Å². The van der Waals surface area contributed by atoms with Gasteiger partial charge in [-0.1, -0.05) is 12.1 Å². The molecule has 0 spiro atoms. The van der Waals surface area contributed by atoms with Crippen LogP contribution in [0.5, 0.6) is 11.5 Å². The summed E-state index contributed by atoms with van der Waals surface area (Å²) in [5, 5.41) is 3.71. The number of para-hydroxylation sites is 1. The van der Waals surface area contributed by atoms with E-state index in [1.807, 2.05) is 23.1 Å². The quantitative estimate of drug-likeness (QED) is 0.650. The van der Waals surface area contributed by atoms with Gasteiger partial charge >= 0.3 is 6.18 Å². The van der Waals surface area contributed by atoms with E-state index in [1.165, 1.54) is 4.52 Å². The van der Waals surface area contributed by atoms with E-state index < -0.39 is 12.0 Å². The average Bonchev–Trinajstić information content (AvgIpc) is 3.33. The first-order chi connectivity index (χ1) is 13.9. The van der Waals surface area contributed by atoms with Gasteiger partial charge in [0.1, 0.15) is 19.0 Å². The first-order valence-electron chi connectivity index (χ1n) is 9.38. The fraction of sp³-hybridized carbons (Fsp3) is 0.421. The molecule has 0 amide bonds. The van der Waals surface area contributed by atoms with Gasteiger partial charge in [-0.05, 0) is 25.8 Å². The highest BCUT2D eigenvalue weighted by Crippen LogP contribution is 2.44. The van der Waals surface area contributed by atoms with Gasteiger partial charge in [0, 0.05) is 23.9 Å². The van der Waals surface area contributed by atoms with Crippen molar-refractivity contribution in [1.29, 1.82) is 0 Å². The molecular weight excluding hydrogens is 387 g/mol. The van der Waals surface area contributed by atoms with E-state index in [9.17, 15) is 13.2 Å². The smallest absolute Gasteiger partial charge is 0.453 e. The van der Waals surface area contributed by atoms with Crippen molar-refractivity contribution in [3.05, 3.63) is 41.3 Å². The van der Waals surface area contributed by atoms with Crippen molar-refractivity contribution >= 4 is 11.6 Å². The Kier molecular flexibility index (Phi) is 4.04. The minimum atomic E-state index is -4.63. The van der Waals surface area contributed by atoms with Crippen LogP contribution in [0, 0.1) is 6.92 Å². The van der Waals surface area contributed by atoms with Crippen molar-refractivity contribution in [2.45, 2.75) is 32.0 Å². The Morgan fingerprint density at radius 3 is 2.79 bits per heavy atom. The molecule has 0 N–H and O–H groups in total. The molecule has 5 rings (SSSR count). The number of alkyl halides is 3. The molecule has 152 valence electrons. The lowest BCUT2D eigenvalue weighted by molar-refractivity contribution is -0.144. The van der Waals surface area contributed by atoms with Gasteiger partial charge in [0.2, 0.25) is 0 Å². The van der Waals surface area contributed by atoms with Crippen LogP contribution in [0.1, 0.15) is 36.0 Å². The lowest BCUT2D eigenvalue weighted by Crippen LogP contribution is -2.27. The predicted molar refractivity (Wildman–Crippen MR) is 97.3 cm³/mol. The number of anilines is 1. The zero-order valence-electron chi connectivity index (χ0n) is 15.6. The van der Waals surface area contributed by atoms with E-state index >= 15 is 0 Å². The molecule has 3 aromatic rings. The van der Waals surface area contributed by atoms with Gasteiger partial charge in [-0.15, -0.1) is 5.10 Å². The summed E-state index contributed by atoms with van der Waals surface area (Å²) in [6, 6.07) is 7.41. The summed E-state index contributed by atoms with van der Waals surface area (Å²) in [5.41, 5.74) is 1.53.